The standard InChI is InChI=1S/C16H13F3N2O/c1-10-14(22)20-13-5-3-2-4-12(13)15(21-10,16(17,18)19)9-8-11-6-7-11/h2-5,11H,6-7H2,1H3,(H,20,22)/t15-/m1/s1. The second-order valence-electron chi connectivity index (χ2n) is 5.45. The molecule has 1 aromatic rings. The second-order valence-corrected chi connectivity index (χ2v) is 5.45. The van der Waals surface area contributed by atoms with Crippen molar-refractivity contribution in [1.29, 1.82) is 0 Å². The Morgan fingerprint density at radius 1 is 1.32 bits per heavy atom. The first-order chi connectivity index (χ1) is 10.3. The lowest BCUT2D eigenvalue weighted by atomic mass is 9.88. The van der Waals surface area contributed by atoms with Gasteiger partial charge in [0.1, 0.15) is 0 Å². The lowest BCUT2D eigenvalue weighted by molar-refractivity contribution is -0.170. The van der Waals surface area contributed by atoms with Crippen LogP contribution in [0, 0.1) is 17.8 Å². The molecule has 3 nitrogen and oxygen atoms in total. The molecule has 1 aromatic carbocycles. The van der Waals surface area contributed by atoms with Crippen molar-refractivity contribution in [3.63, 3.8) is 0 Å². The van der Waals surface area contributed by atoms with Crippen LogP contribution in [0.1, 0.15) is 25.3 Å². The van der Waals surface area contributed by atoms with Gasteiger partial charge in [0.05, 0.1) is 5.71 Å². The predicted molar refractivity (Wildman–Crippen MR) is 76.4 cm³/mol. The summed E-state index contributed by atoms with van der Waals surface area (Å²) in [5.74, 6) is 4.34. The smallest absolute Gasteiger partial charge is 0.321 e. The molecule has 0 bridgehead atoms. The number of alkyl halides is 3. The molecule has 1 atom stereocenters. The Morgan fingerprint density at radius 3 is 2.64 bits per heavy atom. The van der Waals surface area contributed by atoms with Crippen LogP contribution in [0.3, 0.4) is 0 Å². The van der Waals surface area contributed by atoms with Gasteiger partial charge in [-0.25, -0.2) is 0 Å². The van der Waals surface area contributed by atoms with Crippen LogP contribution in [0.4, 0.5) is 18.9 Å². The number of hydrogen-bond donors (Lipinski definition) is 1. The van der Waals surface area contributed by atoms with Gasteiger partial charge >= 0.3 is 6.18 Å². The van der Waals surface area contributed by atoms with E-state index in [4.69, 9.17) is 0 Å². The molecule has 1 N–H and O–H groups in total. The number of nitrogens with zero attached hydrogens (tertiary/aromatic N) is 1. The third kappa shape index (κ3) is 2.37. The van der Waals surface area contributed by atoms with E-state index in [9.17, 15) is 18.0 Å². The molecule has 0 saturated heterocycles. The molecule has 0 aromatic heterocycles. The quantitative estimate of drug-likeness (QED) is 0.734. The third-order valence-corrected chi connectivity index (χ3v) is 3.67. The first kappa shape index (κ1) is 14.6. The number of benzene rings is 1. The fourth-order valence-electron chi connectivity index (χ4n) is 2.30. The average molecular weight is 306 g/mol. The minimum atomic E-state index is -4.72. The Labute approximate surface area is 125 Å². The number of anilines is 1. The highest BCUT2D eigenvalue weighted by molar-refractivity contribution is 6.42. The van der Waals surface area contributed by atoms with Crippen molar-refractivity contribution in [2.75, 3.05) is 5.32 Å². The molecule has 6 heteroatoms. The monoisotopic (exact) mass is 306 g/mol. The van der Waals surface area contributed by atoms with E-state index in [0.29, 0.717) is 0 Å². The Bertz CT molecular complexity index is 723. The van der Waals surface area contributed by atoms with Crippen LogP contribution in [-0.2, 0) is 10.3 Å². The van der Waals surface area contributed by atoms with E-state index in [-0.39, 0.29) is 22.9 Å². The number of fused-ring (bicyclic) bond motifs is 1. The van der Waals surface area contributed by atoms with E-state index in [1.165, 1.54) is 25.1 Å². The van der Waals surface area contributed by atoms with Crippen LogP contribution in [-0.4, -0.2) is 17.8 Å². The molecule has 1 amide bonds. The van der Waals surface area contributed by atoms with Crippen LogP contribution in [0.5, 0.6) is 0 Å². The molecule has 22 heavy (non-hydrogen) atoms. The third-order valence-electron chi connectivity index (χ3n) is 3.67. The Hall–Kier alpha value is -2.29. The maximum Gasteiger partial charge on any atom is 0.429 e. The molecule has 114 valence electrons. The van der Waals surface area contributed by atoms with E-state index in [1.54, 1.807) is 6.07 Å². The topological polar surface area (TPSA) is 41.5 Å². The normalized spacial score (nSPS) is 24.4. The first-order valence-corrected chi connectivity index (χ1v) is 6.90. The van der Waals surface area contributed by atoms with Gasteiger partial charge in [-0.1, -0.05) is 30.0 Å². The van der Waals surface area contributed by atoms with Crippen molar-refractivity contribution >= 4 is 17.3 Å². The van der Waals surface area contributed by atoms with E-state index in [0.717, 1.165) is 12.8 Å². The Kier molecular flexibility index (Phi) is 3.24. The van der Waals surface area contributed by atoms with E-state index in [2.05, 4.69) is 22.2 Å². The zero-order chi connectivity index (χ0) is 16.0. The predicted octanol–water partition coefficient (Wildman–Crippen LogP) is 3.27. The van der Waals surface area contributed by atoms with Crippen LogP contribution in [0.2, 0.25) is 0 Å². The zero-order valence-corrected chi connectivity index (χ0v) is 11.8. The van der Waals surface area contributed by atoms with Gasteiger partial charge in [0.25, 0.3) is 5.91 Å². The van der Waals surface area contributed by atoms with Crippen LogP contribution in [0.15, 0.2) is 29.3 Å². The van der Waals surface area contributed by atoms with E-state index >= 15 is 0 Å². The number of halogens is 3. The molecule has 1 aliphatic heterocycles. The summed E-state index contributed by atoms with van der Waals surface area (Å²) in [6.45, 7) is 1.26. The highest BCUT2D eigenvalue weighted by atomic mass is 19.4. The highest BCUT2D eigenvalue weighted by Gasteiger charge is 2.58. The van der Waals surface area contributed by atoms with Gasteiger partial charge in [-0.15, -0.1) is 0 Å². The molecule has 3 rings (SSSR count). The number of hydrogen-bond acceptors (Lipinski definition) is 2. The van der Waals surface area contributed by atoms with Crippen LogP contribution < -0.4 is 5.32 Å². The van der Waals surface area contributed by atoms with Crippen molar-refractivity contribution in [3.8, 4) is 11.8 Å². The summed E-state index contributed by atoms with van der Waals surface area (Å²) in [5, 5.41) is 2.46. The minimum Gasteiger partial charge on any atom is -0.321 e. The van der Waals surface area contributed by atoms with Crippen molar-refractivity contribution in [1.82, 2.24) is 0 Å². The highest BCUT2D eigenvalue weighted by Crippen LogP contribution is 2.46. The fourth-order valence-corrected chi connectivity index (χ4v) is 2.30. The molecule has 1 fully saturated rings. The number of rotatable bonds is 0. The lowest BCUT2D eigenvalue weighted by Crippen LogP contribution is -2.40. The summed E-state index contributed by atoms with van der Waals surface area (Å²) in [6.07, 6.45) is -3.11. The van der Waals surface area contributed by atoms with E-state index < -0.39 is 17.6 Å². The number of para-hydroxylation sites is 1. The van der Waals surface area contributed by atoms with Crippen molar-refractivity contribution in [3.05, 3.63) is 29.8 Å². The van der Waals surface area contributed by atoms with Gasteiger partial charge in [0.15, 0.2) is 0 Å². The van der Waals surface area contributed by atoms with Gasteiger partial charge in [-0.2, -0.15) is 13.2 Å². The van der Waals surface area contributed by atoms with E-state index in [1.807, 2.05) is 0 Å². The summed E-state index contributed by atoms with van der Waals surface area (Å²) in [4.78, 5) is 15.6. The zero-order valence-electron chi connectivity index (χ0n) is 11.8. The number of aliphatic imine (C=N–C) groups is 1. The van der Waals surface area contributed by atoms with Crippen LogP contribution in [0.25, 0.3) is 0 Å². The SMILES string of the molecule is CC1=N[C@@](C#CC2CC2)(C(F)(F)F)c2ccccc2NC1=O. The molecule has 0 spiro atoms. The molecule has 1 heterocycles. The number of nitrogens with one attached hydrogen (secondary N) is 1. The molecular weight excluding hydrogens is 293 g/mol. The minimum absolute atomic E-state index is 0.00573. The average Bonchev–Trinajstić information content (AvgIpc) is 3.26. The van der Waals surface area contributed by atoms with Gasteiger partial charge < -0.3 is 5.32 Å². The van der Waals surface area contributed by atoms with Crippen molar-refractivity contribution in [2.45, 2.75) is 31.5 Å². The lowest BCUT2D eigenvalue weighted by Gasteiger charge is -2.28. The molecular formula is C16H13F3N2O. The Morgan fingerprint density at radius 2 is 2.00 bits per heavy atom. The van der Waals surface area contributed by atoms with Crippen molar-refractivity contribution in [2.24, 2.45) is 10.9 Å². The van der Waals surface area contributed by atoms with Crippen LogP contribution >= 0.6 is 0 Å². The molecule has 0 radical (unpaired) electrons. The molecule has 2 aliphatic rings. The number of amides is 1. The largest absolute Gasteiger partial charge is 0.429 e. The summed E-state index contributed by atoms with van der Waals surface area (Å²) in [6, 6.07) is 5.79. The first-order valence-electron chi connectivity index (χ1n) is 6.90. The molecule has 1 aliphatic carbocycles. The number of carbonyl (C=O) groups is 1. The summed E-state index contributed by atoms with van der Waals surface area (Å²) in [7, 11) is 0. The maximum atomic E-state index is 13.9. The number of carbonyl (C=O) groups excluding carboxylic acids is 1. The van der Waals surface area contributed by atoms with Gasteiger partial charge in [0, 0.05) is 17.2 Å². The summed E-state index contributed by atoms with van der Waals surface area (Å²) in [5.41, 5.74) is -2.98. The molecule has 1 saturated carbocycles. The van der Waals surface area contributed by atoms with Gasteiger partial charge in [0.2, 0.25) is 5.54 Å². The Balaban J connectivity index is 2.29. The summed E-state index contributed by atoms with van der Waals surface area (Å²) < 4.78 is 41.6. The summed E-state index contributed by atoms with van der Waals surface area (Å²) >= 11 is 0. The maximum absolute atomic E-state index is 13.9. The van der Waals surface area contributed by atoms with Gasteiger partial charge in [-0.3, -0.25) is 9.79 Å². The second kappa shape index (κ2) is 4.87. The van der Waals surface area contributed by atoms with Crippen molar-refractivity contribution < 1.29 is 18.0 Å². The fraction of sp³-hybridized carbons (Fsp3) is 0.375. The molecule has 0 unspecified atom stereocenters. The van der Waals surface area contributed by atoms with Gasteiger partial charge in [-0.05, 0) is 25.8 Å².